The maximum Gasteiger partial charge on any atom is 0.314 e. The van der Waals surface area contributed by atoms with Crippen LogP contribution < -0.4 is 15.8 Å². The molecule has 8 nitrogen and oxygen atoms in total. The molecule has 0 aliphatic rings. The Kier molecular flexibility index (Phi) is 3.58. The van der Waals surface area contributed by atoms with Gasteiger partial charge < -0.3 is 9.97 Å². The van der Waals surface area contributed by atoms with Crippen molar-refractivity contribution >= 4 is 37.6 Å². The third kappa shape index (κ3) is 2.74. The van der Waals surface area contributed by atoms with Crippen LogP contribution in [-0.4, -0.2) is 23.4 Å². The van der Waals surface area contributed by atoms with Crippen LogP contribution in [0.15, 0.2) is 69.2 Å². The highest BCUT2D eigenvalue weighted by Gasteiger charge is 2.17. The quantitative estimate of drug-likeness (QED) is 0.473. The molecule has 0 bridgehead atoms. The Labute approximate surface area is 146 Å². The number of H-pyrrole nitrogens is 2. The molecule has 0 atom stereocenters. The van der Waals surface area contributed by atoms with Crippen molar-refractivity contribution in [2.24, 2.45) is 0 Å². The van der Waals surface area contributed by atoms with Crippen LogP contribution in [-0.2, 0) is 10.0 Å². The van der Waals surface area contributed by atoms with Crippen molar-refractivity contribution in [1.82, 2.24) is 15.0 Å². The van der Waals surface area contributed by atoms with Crippen LogP contribution in [0.2, 0.25) is 0 Å². The van der Waals surface area contributed by atoms with E-state index in [0.717, 1.165) is 5.39 Å². The van der Waals surface area contributed by atoms with Gasteiger partial charge in [0.1, 0.15) is 0 Å². The highest BCUT2D eigenvalue weighted by Crippen LogP contribution is 2.24. The fraction of sp³-hybridized carbons (Fsp3) is 0. The van der Waals surface area contributed by atoms with Gasteiger partial charge in [-0.05, 0) is 30.3 Å². The highest BCUT2D eigenvalue weighted by atomic mass is 32.2. The third-order valence-electron chi connectivity index (χ3n) is 3.88. The highest BCUT2D eigenvalue weighted by molar-refractivity contribution is 7.92. The molecule has 0 unspecified atom stereocenters. The number of aromatic amines is 2. The van der Waals surface area contributed by atoms with Crippen LogP contribution in [0.5, 0.6) is 0 Å². The molecular formula is C17H12N4O4S. The topological polar surface area (TPSA) is 125 Å². The number of benzene rings is 2. The van der Waals surface area contributed by atoms with Crippen LogP contribution in [0.25, 0.3) is 21.9 Å². The lowest BCUT2D eigenvalue weighted by atomic mass is 10.2. The molecule has 0 spiro atoms. The second-order valence-corrected chi connectivity index (χ2v) is 7.28. The van der Waals surface area contributed by atoms with Gasteiger partial charge in [-0.15, -0.1) is 0 Å². The number of nitrogens with zero attached hydrogens (tertiary/aromatic N) is 1. The van der Waals surface area contributed by atoms with E-state index < -0.39 is 21.1 Å². The van der Waals surface area contributed by atoms with E-state index in [-0.39, 0.29) is 10.4 Å². The number of pyridine rings is 1. The number of fused-ring (bicyclic) bond motifs is 2. The first-order valence-corrected chi connectivity index (χ1v) is 9.05. The van der Waals surface area contributed by atoms with Gasteiger partial charge in [-0.25, -0.2) is 8.42 Å². The summed E-state index contributed by atoms with van der Waals surface area (Å²) in [6, 6.07) is 12.8. The smallest absolute Gasteiger partial charge is 0.314 e. The average molecular weight is 368 g/mol. The first kappa shape index (κ1) is 16.0. The molecule has 2 heterocycles. The Bertz CT molecular complexity index is 1370. The molecule has 0 saturated heterocycles. The van der Waals surface area contributed by atoms with Crippen molar-refractivity contribution in [3.63, 3.8) is 0 Å². The predicted octanol–water partition coefficient (Wildman–Crippen LogP) is 1.57. The maximum atomic E-state index is 12.7. The van der Waals surface area contributed by atoms with Gasteiger partial charge in [0.05, 0.1) is 27.1 Å². The van der Waals surface area contributed by atoms with Crippen LogP contribution in [0.3, 0.4) is 0 Å². The van der Waals surface area contributed by atoms with E-state index in [2.05, 4.69) is 19.7 Å². The zero-order chi connectivity index (χ0) is 18.3. The number of sulfonamides is 1. The fourth-order valence-corrected chi connectivity index (χ4v) is 3.74. The lowest BCUT2D eigenvalue weighted by molar-refractivity contribution is 0.601. The minimum absolute atomic E-state index is 0.0550. The van der Waals surface area contributed by atoms with Crippen molar-refractivity contribution in [3.8, 4) is 0 Å². The second kappa shape index (κ2) is 5.81. The van der Waals surface area contributed by atoms with Crippen LogP contribution in [0.1, 0.15) is 0 Å². The molecule has 4 aromatic rings. The zero-order valence-corrected chi connectivity index (χ0v) is 14.0. The van der Waals surface area contributed by atoms with Gasteiger partial charge in [-0.1, -0.05) is 18.2 Å². The van der Waals surface area contributed by atoms with Crippen molar-refractivity contribution < 1.29 is 8.42 Å². The van der Waals surface area contributed by atoms with E-state index in [9.17, 15) is 18.0 Å². The summed E-state index contributed by atoms with van der Waals surface area (Å²) in [4.78, 5) is 31.7. The van der Waals surface area contributed by atoms with Gasteiger partial charge in [0.25, 0.3) is 10.0 Å². The lowest BCUT2D eigenvalue weighted by Crippen LogP contribution is -2.29. The van der Waals surface area contributed by atoms with Crippen molar-refractivity contribution in [2.75, 3.05) is 4.72 Å². The molecule has 0 aliphatic carbocycles. The molecular weight excluding hydrogens is 356 g/mol. The molecule has 0 radical (unpaired) electrons. The van der Waals surface area contributed by atoms with Crippen LogP contribution >= 0.6 is 0 Å². The predicted molar refractivity (Wildman–Crippen MR) is 97.7 cm³/mol. The monoisotopic (exact) mass is 368 g/mol. The van der Waals surface area contributed by atoms with Gasteiger partial charge in [0.2, 0.25) is 0 Å². The molecule has 2 aromatic heterocycles. The molecule has 9 heteroatoms. The molecule has 0 amide bonds. The van der Waals surface area contributed by atoms with E-state index in [1.165, 1.54) is 18.2 Å². The molecule has 0 fully saturated rings. The Hall–Kier alpha value is -3.46. The maximum absolute atomic E-state index is 12.7. The van der Waals surface area contributed by atoms with E-state index in [1.54, 1.807) is 24.4 Å². The van der Waals surface area contributed by atoms with Gasteiger partial charge >= 0.3 is 11.1 Å². The van der Waals surface area contributed by atoms with E-state index in [1.807, 2.05) is 12.1 Å². The Morgan fingerprint density at radius 3 is 2.42 bits per heavy atom. The van der Waals surface area contributed by atoms with Crippen molar-refractivity contribution in [2.45, 2.75) is 4.90 Å². The SMILES string of the molecule is O=c1[nH]c2ccc(S(=O)(=O)Nc3cccc4cccnc34)cc2[nH]c1=O. The molecule has 2 aromatic carbocycles. The summed E-state index contributed by atoms with van der Waals surface area (Å²) in [6.07, 6.45) is 1.58. The Morgan fingerprint density at radius 2 is 1.62 bits per heavy atom. The molecule has 4 rings (SSSR count). The normalized spacial score (nSPS) is 11.7. The van der Waals surface area contributed by atoms with E-state index in [0.29, 0.717) is 16.7 Å². The van der Waals surface area contributed by atoms with Gasteiger partial charge in [-0.3, -0.25) is 19.3 Å². The first-order valence-electron chi connectivity index (χ1n) is 7.57. The Balaban J connectivity index is 1.81. The third-order valence-corrected chi connectivity index (χ3v) is 5.24. The summed E-state index contributed by atoms with van der Waals surface area (Å²) < 4.78 is 28.0. The van der Waals surface area contributed by atoms with E-state index in [4.69, 9.17) is 0 Å². The molecule has 0 aliphatic heterocycles. The zero-order valence-electron chi connectivity index (χ0n) is 13.2. The van der Waals surface area contributed by atoms with Crippen LogP contribution in [0.4, 0.5) is 5.69 Å². The molecule has 130 valence electrons. The lowest BCUT2D eigenvalue weighted by Gasteiger charge is -2.10. The standard InChI is InChI=1S/C17H12N4O4S/c22-16-17(23)20-14-9-11(6-7-12(14)19-16)26(24,25)21-13-5-1-3-10-4-2-8-18-15(10)13/h1-9,21H,(H,19,22)(H,20,23). The van der Waals surface area contributed by atoms with E-state index >= 15 is 0 Å². The van der Waals surface area contributed by atoms with Gasteiger partial charge in [0.15, 0.2) is 0 Å². The van der Waals surface area contributed by atoms with Crippen molar-refractivity contribution in [1.29, 1.82) is 0 Å². The number of hydrogen-bond donors (Lipinski definition) is 3. The summed E-state index contributed by atoms with van der Waals surface area (Å²) in [6.45, 7) is 0. The summed E-state index contributed by atoms with van der Waals surface area (Å²) in [5.41, 5.74) is -0.226. The largest absolute Gasteiger partial charge is 0.316 e. The van der Waals surface area contributed by atoms with Gasteiger partial charge in [-0.2, -0.15) is 0 Å². The summed E-state index contributed by atoms with van der Waals surface area (Å²) in [7, 11) is -3.92. The number of anilines is 1. The second-order valence-electron chi connectivity index (χ2n) is 5.60. The number of aromatic nitrogens is 3. The van der Waals surface area contributed by atoms with Gasteiger partial charge in [0, 0.05) is 11.6 Å². The average Bonchev–Trinajstić information content (AvgIpc) is 2.62. The fourth-order valence-electron chi connectivity index (χ4n) is 2.65. The minimum atomic E-state index is -3.92. The summed E-state index contributed by atoms with van der Waals surface area (Å²) >= 11 is 0. The number of nitrogens with one attached hydrogen (secondary N) is 3. The van der Waals surface area contributed by atoms with Crippen LogP contribution in [0, 0.1) is 0 Å². The minimum Gasteiger partial charge on any atom is -0.316 e. The number of rotatable bonds is 3. The number of hydrogen-bond acceptors (Lipinski definition) is 5. The summed E-state index contributed by atoms with van der Waals surface area (Å²) in [5, 5.41) is 0.799. The molecule has 3 N–H and O–H groups in total. The molecule has 26 heavy (non-hydrogen) atoms. The first-order chi connectivity index (χ1) is 12.4. The summed E-state index contributed by atoms with van der Waals surface area (Å²) in [5.74, 6) is 0. The molecule has 0 saturated carbocycles. The number of para-hydroxylation sites is 1. The Morgan fingerprint density at radius 1 is 0.885 bits per heavy atom. The van der Waals surface area contributed by atoms with Crippen molar-refractivity contribution in [3.05, 3.63) is 75.4 Å².